The second-order valence-electron chi connectivity index (χ2n) is 9.71. The van der Waals surface area contributed by atoms with Crippen LogP contribution in [-0.2, 0) is 6.42 Å². The van der Waals surface area contributed by atoms with Gasteiger partial charge in [0.05, 0.1) is 16.6 Å². The number of imidazole rings is 1. The third-order valence-corrected chi connectivity index (χ3v) is 7.47. The molecule has 0 bridgehead atoms. The van der Waals surface area contributed by atoms with Crippen LogP contribution in [0, 0.1) is 6.92 Å². The van der Waals surface area contributed by atoms with Crippen LogP contribution >= 0.6 is 0 Å². The minimum atomic E-state index is -1.00. The maximum absolute atomic E-state index is 11.5. The SMILES string of the molecule is Cc1ccc2c(N3CCN(CCc4cccc5c4ccc4c(C(=O)O)ncn45)[C@H](C)C3)cccc2n1. The molecule has 3 aromatic heterocycles. The molecule has 0 spiro atoms. The first-order chi connectivity index (χ1) is 17.5. The molecule has 1 fully saturated rings. The Morgan fingerprint density at radius 2 is 1.83 bits per heavy atom. The van der Waals surface area contributed by atoms with Gasteiger partial charge in [0.2, 0.25) is 0 Å². The average Bonchev–Trinajstić information content (AvgIpc) is 3.32. The van der Waals surface area contributed by atoms with Gasteiger partial charge in [0.15, 0.2) is 5.69 Å². The van der Waals surface area contributed by atoms with Gasteiger partial charge in [-0.1, -0.05) is 24.3 Å². The summed E-state index contributed by atoms with van der Waals surface area (Å²) in [5.74, 6) is -1.00. The van der Waals surface area contributed by atoms with E-state index >= 15 is 0 Å². The summed E-state index contributed by atoms with van der Waals surface area (Å²) in [4.78, 5) is 25.4. The molecule has 1 aliphatic heterocycles. The molecule has 0 amide bonds. The smallest absolute Gasteiger partial charge is 0.356 e. The number of benzene rings is 2. The first-order valence-electron chi connectivity index (χ1n) is 12.5. The zero-order valence-electron chi connectivity index (χ0n) is 20.6. The Bertz CT molecular complexity index is 1610. The Hall–Kier alpha value is -3.97. The molecule has 6 rings (SSSR count). The third kappa shape index (κ3) is 3.85. The highest BCUT2D eigenvalue weighted by Gasteiger charge is 2.25. The van der Waals surface area contributed by atoms with Gasteiger partial charge >= 0.3 is 5.97 Å². The molecule has 1 aliphatic rings. The molecule has 1 N–H and O–H groups in total. The van der Waals surface area contributed by atoms with Crippen molar-refractivity contribution in [1.29, 1.82) is 0 Å². The summed E-state index contributed by atoms with van der Waals surface area (Å²) >= 11 is 0. The van der Waals surface area contributed by atoms with Crippen molar-refractivity contribution >= 4 is 39.0 Å². The summed E-state index contributed by atoms with van der Waals surface area (Å²) in [5.41, 5.74) is 6.34. The van der Waals surface area contributed by atoms with E-state index in [4.69, 9.17) is 4.98 Å². The highest BCUT2D eigenvalue weighted by molar-refractivity contribution is 5.96. The zero-order chi connectivity index (χ0) is 24.8. The molecule has 1 atom stereocenters. The standard InChI is InChI=1S/C29H29N5O2/c1-19-9-10-23-24(31-19)6-4-7-25(23)33-16-15-32(20(2)17-33)14-13-21-5-3-8-26-22(21)11-12-27-28(29(35)36)30-18-34(26)27/h3-12,18,20H,13-17H2,1-2H3,(H,35,36)/t20-/m1/s1. The summed E-state index contributed by atoms with van der Waals surface area (Å²) in [6, 6.07) is 21.3. The van der Waals surface area contributed by atoms with Gasteiger partial charge in [0.1, 0.15) is 6.33 Å². The number of hydrogen-bond acceptors (Lipinski definition) is 5. The maximum atomic E-state index is 11.5. The Morgan fingerprint density at radius 1 is 1.00 bits per heavy atom. The second-order valence-corrected chi connectivity index (χ2v) is 9.71. The van der Waals surface area contributed by atoms with Crippen molar-refractivity contribution in [2.75, 3.05) is 31.1 Å². The van der Waals surface area contributed by atoms with Crippen LogP contribution in [0.2, 0.25) is 0 Å². The first-order valence-corrected chi connectivity index (χ1v) is 12.5. The molecule has 4 heterocycles. The molecule has 0 saturated carbocycles. The molecule has 2 aromatic carbocycles. The number of piperazine rings is 1. The lowest BCUT2D eigenvalue weighted by molar-refractivity contribution is 0.0693. The fourth-order valence-electron chi connectivity index (χ4n) is 5.58. The van der Waals surface area contributed by atoms with E-state index in [2.05, 4.69) is 64.2 Å². The largest absolute Gasteiger partial charge is 0.476 e. The molecule has 7 heteroatoms. The van der Waals surface area contributed by atoms with E-state index in [0.29, 0.717) is 11.6 Å². The van der Waals surface area contributed by atoms with Gasteiger partial charge in [-0.25, -0.2) is 9.78 Å². The average molecular weight is 480 g/mol. The number of nitrogens with zero attached hydrogens (tertiary/aromatic N) is 5. The van der Waals surface area contributed by atoms with Crippen LogP contribution in [0.5, 0.6) is 0 Å². The van der Waals surface area contributed by atoms with E-state index in [0.717, 1.165) is 54.7 Å². The van der Waals surface area contributed by atoms with Gasteiger partial charge in [-0.2, -0.15) is 0 Å². The van der Waals surface area contributed by atoms with Crippen LogP contribution in [0.15, 0.2) is 67.0 Å². The molecule has 0 aliphatic carbocycles. The summed E-state index contributed by atoms with van der Waals surface area (Å²) in [6.07, 6.45) is 2.54. The molecule has 1 saturated heterocycles. The number of aromatic carboxylic acids is 1. The Labute approximate surface area is 209 Å². The molecule has 36 heavy (non-hydrogen) atoms. The van der Waals surface area contributed by atoms with Gasteiger partial charge < -0.3 is 10.0 Å². The van der Waals surface area contributed by atoms with Crippen LogP contribution in [0.25, 0.3) is 27.3 Å². The highest BCUT2D eigenvalue weighted by atomic mass is 16.4. The van der Waals surface area contributed by atoms with Gasteiger partial charge in [-0.15, -0.1) is 0 Å². The Morgan fingerprint density at radius 3 is 2.67 bits per heavy atom. The number of pyridine rings is 2. The summed E-state index contributed by atoms with van der Waals surface area (Å²) < 4.78 is 1.88. The fourth-order valence-corrected chi connectivity index (χ4v) is 5.58. The summed E-state index contributed by atoms with van der Waals surface area (Å²) in [7, 11) is 0. The number of carboxylic acid groups (broad SMARTS) is 1. The molecule has 0 radical (unpaired) electrons. The highest BCUT2D eigenvalue weighted by Crippen LogP contribution is 2.29. The van der Waals surface area contributed by atoms with Crippen molar-refractivity contribution in [1.82, 2.24) is 19.3 Å². The van der Waals surface area contributed by atoms with Gasteiger partial charge in [0.25, 0.3) is 0 Å². The van der Waals surface area contributed by atoms with E-state index in [1.54, 1.807) is 6.33 Å². The Balaban J connectivity index is 1.19. The van der Waals surface area contributed by atoms with Crippen molar-refractivity contribution in [2.45, 2.75) is 26.3 Å². The zero-order valence-corrected chi connectivity index (χ0v) is 20.6. The van der Waals surface area contributed by atoms with E-state index in [9.17, 15) is 9.90 Å². The maximum Gasteiger partial charge on any atom is 0.356 e. The number of aromatic nitrogens is 3. The monoisotopic (exact) mass is 479 g/mol. The lowest BCUT2D eigenvalue weighted by Crippen LogP contribution is -2.52. The quantitative estimate of drug-likeness (QED) is 0.391. The molecular weight excluding hydrogens is 450 g/mol. The van der Waals surface area contributed by atoms with Crippen LogP contribution in [0.4, 0.5) is 5.69 Å². The van der Waals surface area contributed by atoms with Crippen molar-refractivity contribution in [2.24, 2.45) is 0 Å². The number of fused-ring (bicyclic) bond motifs is 4. The third-order valence-electron chi connectivity index (χ3n) is 7.47. The molecule has 182 valence electrons. The summed E-state index contributed by atoms with van der Waals surface area (Å²) in [6.45, 7) is 8.30. The van der Waals surface area contributed by atoms with E-state index < -0.39 is 5.97 Å². The van der Waals surface area contributed by atoms with Crippen molar-refractivity contribution < 1.29 is 9.90 Å². The van der Waals surface area contributed by atoms with E-state index in [-0.39, 0.29) is 5.69 Å². The number of anilines is 1. The summed E-state index contributed by atoms with van der Waals surface area (Å²) in [5, 5.41) is 11.8. The number of hydrogen-bond donors (Lipinski definition) is 1. The molecule has 7 nitrogen and oxygen atoms in total. The first kappa shape index (κ1) is 22.5. The Kier molecular flexibility index (Phi) is 5.57. The lowest BCUT2D eigenvalue weighted by Gasteiger charge is -2.41. The van der Waals surface area contributed by atoms with Gasteiger partial charge in [-0.3, -0.25) is 14.3 Å². The van der Waals surface area contributed by atoms with Crippen molar-refractivity contribution in [3.63, 3.8) is 0 Å². The van der Waals surface area contributed by atoms with Crippen LogP contribution in [-0.4, -0.2) is 62.6 Å². The van der Waals surface area contributed by atoms with Crippen LogP contribution in [0.1, 0.15) is 28.7 Å². The minimum Gasteiger partial charge on any atom is -0.476 e. The van der Waals surface area contributed by atoms with Gasteiger partial charge in [0, 0.05) is 54.4 Å². The molecule has 0 unspecified atom stereocenters. The predicted octanol–water partition coefficient (Wildman–Crippen LogP) is 4.80. The number of rotatable bonds is 5. The normalized spacial score (nSPS) is 16.8. The van der Waals surface area contributed by atoms with Gasteiger partial charge in [-0.05, 0) is 62.2 Å². The van der Waals surface area contributed by atoms with Crippen LogP contribution < -0.4 is 4.90 Å². The molecule has 5 aromatic rings. The van der Waals surface area contributed by atoms with Crippen LogP contribution in [0.3, 0.4) is 0 Å². The minimum absolute atomic E-state index is 0.0890. The predicted molar refractivity (Wildman–Crippen MR) is 143 cm³/mol. The fraction of sp³-hybridized carbons (Fsp3) is 0.276. The second kappa shape index (κ2) is 8.91. The van der Waals surface area contributed by atoms with E-state index in [1.807, 2.05) is 29.5 Å². The number of carbonyl (C=O) groups is 1. The van der Waals surface area contributed by atoms with Crippen molar-refractivity contribution in [3.05, 3.63) is 83.9 Å². The topological polar surface area (TPSA) is 74.0 Å². The van der Waals surface area contributed by atoms with Crippen molar-refractivity contribution in [3.8, 4) is 0 Å². The lowest BCUT2D eigenvalue weighted by atomic mass is 10.0. The van der Waals surface area contributed by atoms with E-state index in [1.165, 1.54) is 16.6 Å². The number of carboxylic acids is 1. The number of aryl methyl sites for hydroxylation is 1. The molecular formula is C29H29N5O2.